The third-order valence-corrected chi connectivity index (χ3v) is 2.51. The molecule has 0 bridgehead atoms. The molecule has 1 saturated heterocycles. The number of anilines is 2. The van der Waals surface area contributed by atoms with Crippen LogP contribution >= 0.6 is 0 Å². The minimum absolute atomic E-state index is 0.142. The third-order valence-electron chi connectivity index (χ3n) is 2.51. The summed E-state index contributed by atoms with van der Waals surface area (Å²) in [5, 5.41) is 7.82. The molecule has 0 radical (unpaired) electrons. The van der Waals surface area contributed by atoms with Crippen LogP contribution in [0.1, 0.15) is 13.3 Å². The fraction of sp³-hybridized carbons (Fsp3) is 0.250. The van der Waals surface area contributed by atoms with Crippen LogP contribution in [0.4, 0.5) is 11.4 Å². The zero-order chi connectivity index (χ0) is 13.1. The van der Waals surface area contributed by atoms with Gasteiger partial charge in [-0.1, -0.05) is 0 Å². The molecule has 1 unspecified atom stereocenters. The van der Waals surface area contributed by atoms with Crippen molar-refractivity contribution in [3.63, 3.8) is 0 Å². The quantitative estimate of drug-likeness (QED) is 0.678. The second kappa shape index (κ2) is 4.87. The second-order valence-corrected chi connectivity index (χ2v) is 4.07. The highest BCUT2D eigenvalue weighted by molar-refractivity contribution is 6.06. The van der Waals surface area contributed by atoms with E-state index in [4.69, 9.17) is 0 Å². The smallest absolute Gasteiger partial charge is 0.249 e. The molecule has 1 aromatic rings. The van der Waals surface area contributed by atoms with Crippen LogP contribution in [-0.4, -0.2) is 23.8 Å². The van der Waals surface area contributed by atoms with Gasteiger partial charge in [0, 0.05) is 18.3 Å². The first-order valence-corrected chi connectivity index (χ1v) is 5.52. The van der Waals surface area contributed by atoms with Crippen molar-refractivity contribution in [2.75, 3.05) is 10.6 Å². The lowest BCUT2D eigenvalue weighted by Crippen LogP contribution is -2.29. The maximum atomic E-state index is 11.4. The SMILES string of the molecule is CC(=O)Nc1ccc(NC2CC(=O)NC2=O)cc1. The minimum atomic E-state index is -0.524. The summed E-state index contributed by atoms with van der Waals surface area (Å²) in [5.41, 5.74) is 1.40. The molecule has 0 spiro atoms. The number of nitrogens with one attached hydrogen (secondary N) is 3. The topological polar surface area (TPSA) is 87.3 Å². The van der Waals surface area contributed by atoms with Crippen molar-refractivity contribution in [3.8, 4) is 0 Å². The van der Waals surface area contributed by atoms with E-state index in [1.807, 2.05) is 0 Å². The Morgan fingerprint density at radius 1 is 1.22 bits per heavy atom. The molecule has 6 nitrogen and oxygen atoms in total. The number of amides is 3. The van der Waals surface area contributed by atoms with Crippen molar-refractivity contribution < 1.29 is 14.4 Å². The maximum Gasteiger partial charge on any atom is 0.249 e. The zero-order valence-electron chi connectivity index (χ0n) is 9.82. The van der Waals surface area contributed by atoms with Gasteiger partial charge in [-0.25, -0.2) is 0 Å². The van der Waals surface area contributed by atoms with Crippen LogP contribution in [0.5, 0.6) is 0 Å². The molecule has 1 fully saturated rings. The number of hydrogen-bond donors (Lipinski definition) is 3. The van der Waals surface area contributed by atoms with Gasteiger partial charge in [0.15, 0.2) is 0 Å². The molecule has 1 aliphatic rings. The van der Waals surface area contributed by atoms with Crippen molar-refractivity contribution in [2.24, 2.45) is 0 Å². The van der Waals surface area contributed by atoms with E-state index in [1.165, 1.54) is 6.92 Å². The summed E-state index contributed by atoms with van der Waals surface area (Å²) >= 11 is 0. The molecule has 2 rings (SSSR count). The van der Waals surface area contributed by atoms with E-state index in [0.29, 0.717) is 5.69 Å². The van der Waals surface area contributed by atoms with Crippen molar-refractivity contribution in [2.45, 2.75) is 19.4 Å². The number of carbonyl (C=O) groups excluding carboxylic acids is 3. The van der Waals surface area contributed by atoms with Gasteiger partial charge in [-0.3, -0.25) is 19.7 Å². The number of rotatable bonds is 3. The largest absolute Gasteiger partial charge is 0.373 e. The van der Waals surface area contributed by atoms with Gasteiger partial charge >= 0.3 is 0 Å². The number of carbonyl (C=O) groups is 3. The third kappa shape index (κ3) is 2.85. The van der Waals surface area contributed by atoms with E-state index in [2.05, 4.69) is 16.0 Å². The Kier molecular flexibility index (Phi) is 3.27. The van der Waals surface area contributed by atoms with Gasteiger partial charge < -0.3 is 10.6 Å². The first-order valence-electron chi connectivity index (χ1n) is 5.52. The molecule has 1 heterocycles. The zero-order valence-corrected chi connectivity index (χ0v) is 9.82. The van der Waals surface area contributed by atoms with Gasteiger partial charge in [0.05, 0.1) is 6.42 Å². The summed E-state index contributed by atoms with van der Waals surface area (Å²) in [6.07, 6.45) is 0.145. The molecule has 18 heavy (non-hydrogen) atoms. The van der Waals surface area contributed by atoms with Gasteiger partial charge in [0.1, 0.15) is 6.04 Å². The van der Waals surface area contributed by atoms with Gasteiger partial charge in [0.2, 0.25) is 17.7 Å². The molecule has 94 valence electrons. The Balaban J connectivity index is 2.00. The monoisotopic (exact) mass is 247 g/mol. The summed E-state index contributed by atoms with van der Waals surface area (Å²) < 4.78 is 0. The first-order chi connectivity index (χ1) is 8.54. The molecule has 1 aromatic carbocycles. The molecular formula is C12H13N3O3. The van der Waals surface area contributed by atoms with Crippen molar-refractivity contribution in [1.29, 1.82) is 0 Å². The van der Waals surface area contributed by atoms with Crippen LogP contribution < -0.4 is 16.0 Å². The van der Waals surface area contributed by atoms with Crippen molar-refractivity contribution in [3.05, 3.63) is 24.3 Å². The average Bonchev–Trinajstić information content (AvgIpc) is 2.59. The fourth-order valence-electron chi connectivity index (χ4n) is 1.72. The minimum Gasteiger partial charge on any atom is -0.373 e. The fourth-order valence-corrected chi connectivity index (χ4v) is 1.72. The summed E-state index contributed by atoms with van der Waals surface area (Å²) in [6, 6.07) is 6.39. The summed E-state index contributed by atoms with van der Waals surface area (Å²) in [5.74, 6) is -0.727. The highest BCUT2D eigenvalue weighted by atomic mass is 16.2. The average molecular weight is 247 g/mol. The summed E-state index contributed by atoms with van der Waals surface area (Å²) in [7, 11) is 0. The Morgan fingerprint density at radius 3 is 2.33 bits per heavy atom. The Labute approximate surface area is 104 Å². The van der Waals surface area contributed by atoms with Crippen LogP contribution in [0.3, 0.4) is 0 Å². The number of hydrogen-bond acceptors (Lipinski definition) is 4. The van der Waals surface area contributed by atoms with E-state index >= 15 is 0 Å². The van der Waals surface area contributed by atoms with E-state index in [1.54, 1.807) is 24.3 Å². The molecule has 0 saturated carbocycles. The van der Waals surface area contributed by atoms with Gasteiger partial charge in [-0.2, -0.15) is 0 Å². The lowest BCUT2D eigenvalue weighted by molar-refractivity contribution is -0.125. The lowest BCUT2D eigenvalue weighted by atomic mass is 10.2. The van der Waals surface area contributed by atoms with Gasteiger partial charge in [0.25, 0.3) is 0 Å². The van der Waals surface area contributed by atoms with Crippen LogP contribution in [0, 0.1) is 0 Å². The highest BCUT2D eigenvalue weighted by Crippen LogP contribution is 2.16. The molecule has 3 N–H and O–H groups in total. The predicted octanol–water partition coefficient (Wildman–Crippen LogP) is 0.472. The van der Waals surface area contributed by atoms with E-state index < -0.39 is 6.04 Å². The van der Waals surface area contributed by atoms with Crippen LogP contribution in [-0.2, 0) is 14.4 Å². The summed E-state index contributed by atoms with van der Waals surface area (Å²) in [6.45, 7) is 1.43. The molecule has 3 amide bonds. The normalized spacial score (nSPS) is 18.4. The predicted molar refractivity (Wildman–Crippen MR) is 65.9 cm³/mol. The Bertz CT molecular complexity index is 496. The van der Waals surface area contributed by atoms with Crippen LogP contribution in [0.2, 0.25) is 0 Å². The van der Waals surface area contributed by atoms with Crippen LogP contribution in [0.25, 0.3) is 0 Å². The second-order valence-electron chi connectivity index (χ2n) is 4.07. The Hall–Kier alpha value is -2.37. The van der Waals surface area contributed by atoms with Gasteiger partial charge in [-0.15, -0.1) is 0 Å². The summed E-state index contributed by atoms with van der Waals surface area (Å²) in [4.78, 5) is 33.2. The lowest BCUT2D eigenvalue weighted by Gasteiger charge is -2.11. The van der Waals surface area contributed by atoms with Crippen LogP contribution in [0.15, 0.2) is 24.3 Å². The molecular weight excluding hydrogens is 234 g/mol. The van der Waals surface area contributed by atoms with Crippen molar-refractivity contribution >= 4 is 29.1 Å². The maximum absolute atomic E-state index is 11.4. The molecule has 1 atom stereocenters. The molecule has 0 aliphatic carbocycles. The van der Waals surface area contributed by atoms with Crippen molar-refractivity contribution in [1.82, 2.24) is 5.32 Å². The Morgan fingerprint density at radius 2 is 1.83 bits per heavy atom. The van der Waals surface area contributed by atoms with Gasteiger partial charge in [-0.05, 0) is 24.3 Å². The van der Waals surface area contributed by atoms with E-state index in [0.717, 1.165) is 5.69 Å². The number of benzene rings is 1. The highest BCUT2D eigenvalue weighted by Gasteiger charge is 2.30. The van der Waals surface area contributed by atoms with E-state index in [-0.39, 0.29) is 24.1 Å². The standard InChI is InChI=1S/C12H13N3O3/c1-7(16)13-8-2-4-9(5-3-8)14-10-6-11(17)15-12(10)18/h2-5,10,14H,6H2,1H3,(H,13,16)(H,15,17,18). The first kappa shape index (κ1) is 12.1. The molecule has 0 aromatic heterocycles. The van der Waals surface area contributed by atoms with E-state index in [9.17, 15) is 14.4 Å². The number of imide groups is 1. The molecule has 1 aliphatic heterocycles. The molecule has 6 heteroatoms.